The van der Waals surface area contributed by atoms with E-state index in [1.807, 2.05) is 0 Å². The molecule has 7 heteroatoms. The fourth-order valence-corrected chi connectivity index (χ4v) is 1.14. The molecule has 0 fully saturated rings. The molecular weight excluding hydrogens is 235 g/mol. The molecule has 0 aliphatic heterocycles. The van der Waals surface area contributed by atoms with Crippen LogP contribution in [0.2, 0.25) is 0 Å². The van der Waals surface area contributed by atoms with Crippen LogP contribution >= 0.6 is 0 Å². The fourth-order valence-electron chi connectivity index (χ4n) is 1.14. The summed E-state index contributed by atoms with van der Waals surface area (Å²) in [4.78, 5) is 14.8. The van der Waals surface area contributed by atoms with E-state index in [1.54, 1.807) is 0 Å². The molecule has 0 unspecified atom stereocenters. The van der Waals surface area contributed by atoms with Gasteiger partial charge in [-0.2, -0.15) is 18.0 Å². The molecule has 0 aliphatic rings. The van der Waals surface area contributed by atoms with Crippen molar-refractivity contribution in [3.05, 3.63) is 35.4 Å². The molecule has 0 N–H and O–H groups in total. The Labute approximate surface area is 94.9 Å². The van der Waals surface area contributed by atoms with Gasteiger partial charge in [0, 0.05) is 12.7 Å². The molecule has 17 heavy (non-hydrogen) atoms. The minimum atomic E-state index is -4.41. The molecule has 1 aromatic carbocycles. The van der Waals surface area contributed by atoms with Gasteiger partial charge in [0.05, 0.1) is 5.56 Å². The Balaban J connectivity index is 2.95. The normalized spacial score (nSPS) is 10.6. The Hall–Kier alpha value is -2.14. The van der Waals surface area contributed by atoms with Gasteiger partial charge in [-0.05, 0) is 24.3 Å². The van der Waals surface area contributed by atoms with Crippen LogP contribution in [0.3, 0.4) is 0 Å². The van der Waals surface area contributed by atoms with Crippen molar-refractivity contribution in [3.8, 4) is 0 Å². The van der Waals surface area contributed by atoms with Gasteiger partial charge in [0.15, 0.2) is 0 Å². The van der Waals surface area contributed by atoms with E-state index in [9.17, 15) is 18.0 Å². The van der Waals surface area contributed by atoms with Crippen LogP contribution in [0.15, 0.2) is 24.3 Å². The molecule has 0 heterocycles. The van der Waals surface area contributed by atoms with Crippen molar-refractivity contribution in [2.45, 2.75) is 6.18 Å². The first-order valence-electron chi connectivity index (χ1n) is 4.48. The molecule has 0 aliphatic carbocycles. The summed E-state index contributed by atoms with van der Waals surface area (Å²) in [5, 5.41) is 0. The number of carbonyl (C=O) groups is 1. The quantitative estimate of drug-likeness (QED) is 0.445. The highest BCUT2D eigenvalue weighted by molar-refractivity contribution is 6.30. The van der Waals surface area contributed by atoms with Gasteiger partial charge in [0.1, 0.15) is 0 Å². The van der Waals surface area contributed by atoms with E-state index in [0.717, 1.165) is 29.2 Å². The second-order valence-corrected chi connectivity index (χ2v) is 3.19. The van der Waals surface area contributed by atoms with Crippen LogP contribution in [0.25, 0.3) is 5.53 Å². The highest BCUT2D eigenvalue weighted by Crippen LogP contribution is 2.30. The van der Waals surface area contributed by atoms with Crippen LogP contribution < -0.4 is 4.90 Å². The highest BCUT2D eigenvalue weighted by atomic mass is 19.4. The Morgan fingerprint density at radius 1 is 1.35 bits per heavy atom. The van der Waals surface area contributed by atoms with Gasteiger partial charge in [-0.25, -0.2) is 0 Å². The molecular formula is C10H8F3N3O. The molecule has 1 amide bonds. The molecule has 4 nitrogen and oxygen atoms in total. The molecule has 90 valence electrons. The summed E-state index contributed by atoms with van der Waals surface area (Å²) < 4.78 is 36.8. The van der Waals surface area contributed by atoms with Crippen LogP contribution in [0, 0.1) is 0 Å². The van der Waals surface area contributed by atoms with Crippen LogP contribution in [-0.2, 0) is 11.0 Å². The van der Waals surface area contributed by atoms with Crippen molar-refractivity contribution in [2.24, 2.45) is 0 Å². The lowest BCUT2D eigenvalue weighted by atomic mass is 10.2. The smallest absolute Gasteiger partial charge is 0.361 e. The zero-order valence-corrected chi connectivity index (χ0v) is 8.77. The van der Waals surface area contributed by atoms with Crippen molar-refractivity contribution in [2.75, 3.05) is 11.9 Å². The Morgan fingerprint density at radius 3 is 2.29 bits per heavy atom. The lowest BCUT2D eigenvalue weighted by Gasteiger charge is -2.14. The number of anilines is 1. The molecule has 0 saturated heterocycles. The number of amides is 1. The van der Waals surface area contributed by atoms with Crippen LogP contribution in [0.5, 0.6) is 0 Å². The summed E-state index contributed by atoms with van der Waals surface area (Å²) in [6.07, 6.45) is -3.76. The fraction of sp³-hybridized carbons (Fsp3) is 0.200. The van der Waals surface area contributed by atoms with E-state index in [1.165, 1.54) is 7.05 Å². The van der Waals surface area contributed by atoms with Crippen LogP contribution in [0.4, 0.5) is 18.9 Å². The average molecular weight is 243 g/mol. The summed E-state index contributed by atoms with van der Waals surface area (Å²) >= 11 is 0. The van der Waals surface area contributed by atoms with Crippen molar-refractivity contribution in [1.82, 2.24) is 0 Å². The zero-order chi connectivity index (χ0) is 13.1. The van der Waals surface area contributed by atoms with Crippen molar-refractivity contribution in [1.29, 1.82) is 0 Å². The van der Waals surface area contributed by atoms with E-state index in [0.29, 0.717) is 6.21 Å². The molecule has 0 spiro atoms. The van der Waals surface area contributed by atoms with Gasteiger partial charge in [-0.1, -0.05) is 0 Å². The third-order valence-corrected chi connectivity index (χ3v) is 2.08. The standard InChI is InChI=1S/C10H8F3N3O/c1-16(9(17)6-15-14)8-4-2-7(3-5-8)10(11,12)13/h2-6H,1H3. The third kappa shape index (κ3) is 3.15. The van der Waals surface area contributed by atoms with Gasteiger partial charge in [-0.3, -0.25) is 4.79 Å². The Morgan fingerprint density at radius 2 is 1.88 bits per heavy atom. The van der Waals surface area contributed by atoms with Crippen LogP contribution in [-0.4, -0.2) is 24.0 Å². The monoisotopic (exact) mass is 243 g/mol. The minimum absolute atomic E-state index is 0.267. The largest absolute Gasteiger partial charge is 0.416 e. The van der Waals surface area contributed by atoms with Gasteiger partial charge in [0.2, 0.25) is 0 Å². The first-order chi connectivity index (χ1) is 7.86. The van der Waals surface area contributed by atoms with E-state index in [2.05, 4.69) is 4.79 Å². The molecule has 0 saturated carbocycles. The van der Waals surface area contributed by atoms with E-state index in [4.69, 9.17) is 5.53 Å². The highest BCUT2D eigenvalue weighted by Gasteiger charge is 2.30. The first-order valence-corrected chi connectivity index (χ1v) is 4.48. The van der Waals surface area contributed by atoms with Crippen LogP contribution in [0.1, 0.15) is 5.56 Å². The lowest BCUT2D eigenvalue weighted by molar-refractivity contribution is -0.137. The molecule has 1 rings (SSSR count). The maximum absolute atomic E-state index is 12.3. The predicted octanol–water partition coefficient (Wildman–Crippen LogP) is 1.97. The molecule has 1 aromatic rings. The van der Waals surface area contributed by atoms with Gasteiger partial charge in [-0.15, -0.1) is 0 Å². The summed E-state index contributed by atoms with van der Waals surface area (Å²) in [5.74, 6) is -0.646. The maximum atomic E-state index is 12.3. The first kappa shape index (κ1) is 12.9. The minimum Gasteiger partial charge on any atom is -0.361 e. The van der Waals surface area contributed by atoms with E-state index < -0.39 is 17.6 Å². The average Bonchev–Trinajstić information content (AvgIpc) is 2.27. The molecule has 0 bridgehead atoms. The number of hydrogen-bond acceptors (Lipinski definition) is 1. The summed E-state index contributed by atoms with van der Waals surface area (Å²) in [6.45, 7) is 0. The SMILES string of the molecule is CN(C(=O)C=[N+]=[N-])c1ccc(C(F)(F)F)cc1. The predicted molar refractivity (Wildman–Crippen MR) is 54.5 cm³/mol. The van der Waals surface area contributed by atoms with Crippen molar-refractivity contribution in [3.63, 3.8) is 0 Å². The summed E-state index contributed by atoms with van der Waals surface area (Å²) in [7, 11) is 1.35. The maximum Gasteiger partial charge on any atom is 0.416 e. The number of carbonyl (C=O) groups excluding carboxylic acids is 1. The number of halogens is 3. The van der Waals surface area contributed by atoms with Gasteiger partial charge >= 0.3 is 18.3 Å². The van der Waals surface area contributed by atoms with E-state index >= 15 is 0 Å². The molecule has 0 radical (unpaired) electrons. The van der Waals surface area contributed by atoms with Gasteiger partial charge < -0.3 is 10.4 Å². The number of nitrogens with zero attached hydrogens (tertiary/aromatic N) is 3. The topological polar surface area (TPSA) is 56.7 Å². The Bertz CT molecular complexity index is 461. The number of rotatable bonds is 2. The Kier molecular flexibility index (Phi) is 3.65. The van der Waals surface area contributed by atoms with Gasteiger partial charge in [0.25, 0.3) is 0 Å². The van der Waals surface area contributed by atoms with E-state index in [-0.39, 0.29) is 5.69 Å². The molecule has 0 aromatic heterocycles. The second kappa shape index (κ2) is 4.80. The summed E-state index contributed by atoms with van der Waals surface area (Å²) in [5.41, 5.74) is 7.63. The second-order valence-electron chi connectivity index (χ2n) is 3.19. The molecule has 0 atom stereocenters. The summed E-state index contributed by atoms with van der Waals surface area (Å²) in [6, 6.07) is 4.06. The number of alkyl halides is 3. The zero-order valence-electron chi connectivity index (χ0n) is 8.77. The lowest BCUT2D eigenvalue weighted by Crippen LogP contribution is -2.27. The third-order valence-electron chi connectivity index (χ3n) is 2.08. The van der Waals surface area contributed by atoms with Crippen molar-refractivity contribution < 1.29 is 22.8 Å². The van der Waals surface area contributed by atoms with Crippen molar-refractivity contribution >= 4 is 17.8 Å². The number of hydrogen-bond donors (Lipinski definition) is 0. The number of benzene rings is 1.